The summed E-state index contributed by atoms with van der Waals surface area (Å²) in [5, 5.41) is 7.88. The van der Waals surface area contributed by atoms with Crippen LogP contribution in [0.4, 0.5) is 5.69 Å². The van der Waals surface area contributed by atoms with E-state index in [-0.39, 0.29) is 5.97 Å². The molecule has 0 bridgehead atoms. The summed E-state index contributed by atoms with van der Waals surface area (Å²) in [6.07, 6.45) is 3.70. The highest BCUT2D eigenvalue weighted by molar-refractivity contribution is 5.93. The number of hydrogen-bond donors (Lipinski definition) is 0. The summed E-state index contributed by atoms with van der Waals surface area (Å²) in [7, 11) is 3.31. The molecule has 0 spiro atoms. The van der Waals surface area contributed by atoms with Crippen molar-refractivity contribution in [3.05, 3.63) is 41.2 Å². The zero-order chi connectivity index (χ0) is 14.8. The maximum Gasteiger partial charge on any atom is 0.338 e. The van der Waals surface area contributed by atoms with Crippen LogP contribution in [0.5, 0.6) is 0 Å². The first kappa shape index (κ1) is 13.6. The fourth-order valence-corrected chi connectivity index (χ4v) is 2.82. The molecular weight excluding hydrogens is 268 g/mol. The van der Waals surface area contributed by atoms with E-state index in [0.717, 1.165) is 42.9 Å². The van der Waals surface area contributed by atoms with Crippen molar-refractivity contribution >= 4 is 11.7 Å². The van der Waals surface area contributed by atoms with E-state index in [4.69, 9.17) is 4.74 Å². The summed E-state index contributed by atoms with van der Waals surface area (Å²) in [4.78, 5) is 14.2. The maximum absolute atomic E-state index is 11.9. The van der Waals surface area contributed by atoms with Crippen LogP contribution in [0.1, 0.15) is 28.0 Å². The van der Waals surface area contributed by atoms with Gasteiger partial charge in [-0.3, -0.25) is 4.68 Å². The molecule has 0 aliphatic carbocycles. The molecule has 21 heavy (non-hydrogen) atoms. The van der Waals surface area contributed by atoms with Crippen LogP contribution in [-0.4, -0.2) is 34.6 Å². The molecule has 110 valence electrons. The molecule has 0 unspecified atom stereocenters. The lowest BCUT2D eigenvalue weighted by Crippen LogP contribution is -2.30. The SMILES string of the molecule is COC(=O)c1cccc2c1CCCN2Cc1cnnn1C. The van der Waals surface area contributed by atoms with Gasteiger partial charge in [-0.05, 0) is 30.5 Å². The summed E-state index contributed by atoms with van der Waals surface area (Å²) < 4.78 is 6.66. The van der Waals surface area contributed by atoms with Crippen LogP contribution >= 0.6 is 0 Å². The minimum absolute atomic E-state index is 0.268. The summed E-state index contributed by atoms with van der Waals surface area (Å²) >= 11 is 0. The van der Waals surface area contributed by atoms with Crippen molar-refractivity contribution in [3.8, 4) is 0 Å². The molecule has 0 saturated carbocycles. The zero-order valence-electron chi connectivity index (χ0n) is 12.2. The second-order valence-electron chi connectivity index (χ2n) is 5.17. The Kier molecular flexibility index (Phi) is 3.60. The molecule has 6 heteroatoms. The molecule has 3 rings (SSSR count). The number of methoxy groups -OCH3 is 1. The summed E-state index contributed by atoms with van der Waals surface area (Å²) in [5.74, 6) is -0.268. The van der Waals surface area contributed by atoms with Crippen LogP contribution in [-0.2, 0) is 24.8 Å². The number of aromatic nitrogens is 3. The molecule has 0 saturated heterocycles. The van der Waals surface area contributed by atoms with Gasteiger partial charge in [0.25, 0.3) is 0 Å². The van der Waals surface area contributed by atoms with Gasteiger partial charge in [-0.25, -0.2) is 4.79 Å². The minimum Gasteiger partial charge on any atom is -0.465 e. The third kappa shape index (κ3) is 2.49. The first-order valence-electron chi connectivity index (χ1n) is 6.99. The smallest absolute Gasteiger partial charge is 0.338 e. The first-order chi connectivity index (χ1) is 10.2. The number of hydrogen-bond acceptors (Lipinski definition) is 5. The minimum atomic E-state index is -0.268. The van der Waals surface area contributed by atoms with Crippen molar-refractivity contribution in [3.63, 3.8) is 0 Å². The van der Waals surface area contributed by atoms with Gasteiger partial charge in [-0.2, -0.15) is 0 Å². The average Bonchev–Trinajstić information content (AvgIpc) is 2.91. The van der Waals surface area contributed by atoms with Crippen LogP contribution in [0.15, 0.2) is 24.4 Å². The lowest BCUT2D eigenvalue weighted by molar-refractivity contribution is 0.0599. The Morgan fingerprint density at radius 3 is 3.00 bits per heavy atom. The molecule has 1 aromatic carbocycles. The quantitative estimate of drug-likeness (QED) is 0.801. The van der Waals surface area contributed by atoms with Gasteiger partial charge in [0.05, 0.1) is 31.1 Å². The number of carbonyl (C=O) groups is 1. The second kappa shape index (κ2) is 5.55. The fraction of sp³-hybridized carbons (Fsp3) is 0.400. The van der Waals surface area contributed by atoms with Gasteiger partial charge in [0, 0.05) is 19.3 Å². The molecule has 1 aliphatic heterocycles. The molecule has 2 heterocycles. The largest absolute Gasteiger partial charge is 0.465 e. The van der Waals surface area contributed by atoms with Crippen molar-refractivity contribution in [1.82, 2.24) is 15.0 Å². The van der Waals surface area contributed by atoms with Gasteiger partial charge in [0.15, 0.2) is 0 Å². The van der Waals surface area contributed by atoms with Crippen LogP contribution in [0.25, 0.3) is 0 Å². The van der Waals surface area contributed by atoms with Gasteiger partial charge < -0.3 is 9.64 Å². The lowest BCUT2D eigenvalue weighted by atomic mass is 9.96. The van der Waals surface area contributed by atoms with E-state index in [1.165, 1.54) is 7.11 Å². The first-order valence-corrected chi connectivity index (χ1v) is 6.99. The third-order valence-corrected chi connectivity index (χ3v) is 3.91. The second-order valence-corrected chi connectivity index (χ2v) is 5.17. The Hall–Kier alpha value is -2.37. The number of esters is 1. The van der Waals surface area contributed by atoms with E-state index < -0.39 is 0 Å². The molecule has 0 amide bonds. The summed E-state index contributed by atoms with van der Waals surface area (Å²) in [5.41, 5.74) is 3.89. The molecule has 0 N–H and O–H groups in total. The van der Waals surface area contributed by atoms with E-state index >= 15 is 0 Å². The molecule has 6 nitrogen and oxygen atoms in total. The average molecular weight is 286 g/mol. The number of aryl methyl sites for hydroxylation is 1. The standard InChI is InChI=1S/C15H18N4O2/c1-18-11(9-16-17-18)10-19-8-4-6-12-13(15(20)21-2)5-3-7-14(12)19/h3,5,7,9H,4,6,8,10H2,1-2H3. The monoisotopic (exact) mass is 286 g/mol. The molecular formula is C15H18N4O2. The number of fused-ring (bicyclic) bond motifs is 1. The highest BCUT2D eigenvalue weighted by Gasteiger charge is 2.23. The maximum atomic E-state index is 11.9. The summed E-state index contributed by atoms with van der Waals surface area (Å²) in [6, 6.07) is 5.80. The van der Waals surface area contributed by atoms with Crippen molar-refractivity contribution in [2.24, 2.45) is 7.05 Å². The van der Waals surface area contributed by atoms with E-state index in [1.807, 2.05) is 19.2 Å². The molecule has 1 aliphatic rings. The van der Waals surface area contributed by atoms with E-state index in [0.29, 0.717) is 5.56 Å². The van der Waals surface area contributed by atoms with Gasteiger partial charge in [0.1, 0.15) is 0 Å². The highest BCUT2D eigenvalue weighted by atomic mass is 16.5. The normalized spacial score (nSPS) is 13.9. The number of anilines is 1. The van der Waals surface area contributed by atoms with Gasteiger partial charge in [-0.15, -0.1) is 5.10 Å². The van der Waals surface area contributed by atoms with E-state index in [1.54, 1.807) is 10.9 Å². The number of benzene rings is 1. The van der Waals surface area contributed by atoms with Crippen LogP contribution in [0, 0.1) is 0 Å². The van der Waals surface area contributed by atoms with Crippen LogP contribution in [0.3, 0.4) is 0 Å². The van der Waals surface area contributed by atoms with Crippen LogP contribution in [0.2, 0.25) is 0 Å². The highest BCUT2D eigenvalue weighted by Crippen LogP contribution is 2.31. The third-order valence-electron chi connectivity index (χ3n) is 3.91. The van der Waals surface area contributed by atoms with Gasteiger partial charge >= 0.3 is 5.97 Å². The molecule has 1 aromatic heterocycles. The fourth-order valence-electron chi connectivity index (χ4n) is 2.82. The number of rotatable bonds is 3. The summed E-state index contributed by atoms with van der Waals surface area (Å²) in [6.45, 7) is 1.70. The van der Waals surface area contributed by atoms with Crippen molar-refractivity contribution < 1.29 is 9.53 Å². The Bertz CT molecular complexity index is 665. The number of nitrogens with zero attached hydrogens (tertiary/aromatic N) is 4. The molecule has 0 fully saturated rings. The van der Waals surface area contributed by atoms with E-state index in [2.05, 4.69) is 21.3 Å². The van der Waals surface area contributed by atoms with Crippen molar-refractivity contribution in [1.29, 1.82) is 0 Å². The topological polar surface area (TPSA) is 60.2 Å². The van der Waals surface area contributed by atoms with Gasteiger partial charge in [-0.1, -0.05) is 11.3 Å². The zero-order valence-corrected chi connectivity index (χ0v) is 12.2. The molecule has 0 atom stereocenters. The predicted octanol–water partition coefficient (Wildman–Crippen LogP) is 1.55. The Balaban J connectivity index is 1.95. The number of ether oxygens (including phenoxy) is 1. The van der Waals surface area contributed by atoms with Crippen molar-refractivity contribution in [2.75, 3.05) is 18.6 Å². The van der Waals surface area contributed by atoms with E-state index in [9.17, 15) is 4.79 Å². The Morgan fingerprint density at radius 1 is 1.43 bits per heavy atom. The predicted molar refractivity (Wildman–Crippen MR) is 78.2 cm³/mol. The van der Waals surface area contributed by atoms with Gasteiger partial charge in [0.2, 0.25) is 0 Å². The van der Waals surface area contributed by atoms with Crippen LogP contribution < -0.4 is 4.90 Å². The molecule has 0 radical (unpaired) electrons. The van der Waals surface area contributed by atoms with Crippen molar-refractivity contribution in [2.45, 2.75) is 19.4 Å². The molecule has 2 aromatic rings. The Labute approximate surface area is 123 Å². The lowest BCUT2D eigenvalue weighted by Gasteiger charge is -2.32. The Morgan fingerprint density at radius 2 is 2.29 bits per heavy atom. The number of carbonyl (C=O) groups excluding carboxylic acids is 1.